The zero-order chi connectivity index (χ0) is 22.8. The third kappa shape index (κ3) is 4.14. The summed E-state index contributed by atoms with van der Waals surface area (Å²) in [4.78, 5) is 25.4. The van der Waals surface area contributed by atoms with Gasteiger partial charge in [0.15, 0.2) is 0 Å². The Kier molecular flexibility index (Phi) is 5.24. The predicted octanol–water partition coefficient (Wildman–Crippen LogP) is 5.97. The first-order valence-corrected chi connectivity index (χ1v) is 10.2. The number of rotatable bonds is 5. The van der Waals surface area contributed by atoms with E-state index in [0.29, 0.717) is 22.4 Å². The number of hydrogen-bond donors (Lipinski definition) is 0. The zero-order valence-electron chi connectivity index (χ0n) is 17.6. The van der Waals surface area contributed by atoms with Gasteiger partial charge in [0.2, 0.25) is 11.2 Å². The van der Waals surface area contributed by atoms with E-state index in [9.17, 15) is 9.59 Å². The Morgan fingerprint density at radius 3 is 2.45 bits per heavy atom. The van der Waals surface area contributed by atoms with Crippen molar-refractivity contribution in [2.45, 2.75) is 0 Å². The van der Waals surface area contributed by atoms with E-state index >= 15 is 0 Å². The highest BCUT2D eigenvalue weighted by Gasteiger charge is 2.14. The van der Waals surface area contributed by atoms with E-state index in [2.05, 4.69) is 0 Å². The monoisotopic (exact) mass is 438 g/mol. The fourth-order valence-electron chi connectivity index (χ4n) is 3.50. The molecule has 6 heteroatoms. The lowest BCUT2D eigenvalue weighted by Crippen LogP contribution is -2.09. The number of benzene rings is 4. The van der Waals surface area contributed by atoms with E-state index in [1.807, 2.05) is 36.4 Å². The summed E-state index contributed by atoms with van der Waals surface area (Å²) in [6.07, 6.45) is 1.26. The number of hydrogen-bond acceptors (Lipinski definition) is 6. The highest BCUT2D eigenvalue weighted by atomic mass is 16.5. The summed E-state index contributed by atoms with van der Waals surface area (Å²) in [5, 5.41) is 2.39. The maximum Gasteiger partial charge on any atom is 0.343 e. The summed E-state index contributed by atoms with van der Waals surface area (Å²) in [6.45, 7) is 0. The van der Waals surface area contributed by atoms with Crippen LogP contribution in [0.15, 0.2) is 100 Å². The Labute approximate surface area is 188 Å². The Bertz CT molecular complexity index is 1550. The molecule has 0 radical (unpaired) electrons. The molecule has 5 rings (SSSR count). The van der Waals surface area contributed by atoms with Crippen LogP contribution >= 0.6 is 0 Å². The highest BCUT2D eigenvalue weighted by Crippen LogP contribution is 2.27. The quantitative estimate of drug-likeness (QED) is 0.249. The van der Waals surface area contributed by atoms with Crippen LogP contribution in [0.3, 0.4) is 0 Å². The van der Waals surface area contributed by atoms with Crippen LogP contribution in [0, 0.1) is 0 Å². The molecule has 0 spiro atoms. The van der Waals surface area contributed by atoms with Crippen molar-refractivity contribution in [1.29, 1.82) is 0 Å². The van der Waals surface area contributed by atoms with Crippen molar-refractivity contribution in [3.8, 4) is 23.0 Å². The van der Waals surface area contributed by atoms with Crippen LogP contribution in [0.1, 0.15) is 10.4 Å². The van der Waals surface area contributed by atoms with Crippen LogP contribution in [-0.2, 0) is 0 Å². The Morgan fingerprint density at radius 1 is 0.788 bits per heavy atom. The smallest absolute Gasteiger partial charge is 0.343 e. The Balaban J connectivity index is 1.40. The van der Waals surface area contributed by atoms with E-state index in [4.69, 9.17) is 18.6 Å². The minimum absolute atomic E-state index is 0.0684. The second-order valence-electron chi connectivity index (χ2n) is 7.32. The van der Waals surface area contributed by atoms with E-state index in [1.165, 1.54) is 25.5 Å². The molecule has 0 aliphatic rings. The summed E-state index contributed by atoms with van der Waals surface area (Å²) in [5.74, 6) is 0.851. The van der Waals surface area contributed by atoms with Crippen LogP contribution in [0.25, 0.3) is 21.7 Å². The van der Waals surface area contributed by atoms with E-state index in [0.717, 1.165) is 10.8 Å². The third-order valence-corrected chi connectivity index (χ3v) is 5.18. The van der Waals surface area contributed by atoms with Crippen molar-refractivity contribution in [2.75, 3.05) is 7.11 Å². The van der Waals surface area contributed by atoms with Crippen molar-refractivity contribution < 1.29 is 23.4 Å². The molecule has 0 aliphatic carbocycles. The molecular formula is C27H18O6. The van der Waals surface area contributed by atoms with Crippen molar-refractivity contribution in [1.82, 2.24) is 0 Å². The molecular weight excluding hydrogens is 420 g/mol. The summed E-state index contributed by atoms with van der Waals surface area (Å²) in [7, 11) is 1.52. The first-order chi connectivity index (χ1) is 16.1. The maximum absolute atomic E-state index is 12.9. The van der Waals surface area contributed by atoms with Gasteiger partial charge in [-0.3, -0.25) is 4.79 Å². The molecule has 0 amide bonds. The summed E-state index contributed by atoms with van der Waals surface area (Å²) in [5.41, 5.74) is 0.298. The second-order valence-corrected chi connectivity index (χ2v) is 7.32. The average Bonchev–Trinajstić information content (AvgIpc) is 2.85. The molecule has 33 heavy (non-hydrogen) atoms. The fourth-order valence-corrected chi connectivity index (χ4v) is 3.50. The van der Waals surface area contributed by atoms with Crippen LogP contribution in [0.2, 0.25) is 0 Å². The molecule has 0 aliphatic heterocycles. The van der Waals surface area contributed by atoms with Gasteiger partial charge in [-0.1, -0.05) is 36.4 Å². The second kappa shape index (κ2) is 8.51. The zero-order valence-corrected chi connectivity index (χ0v) is 17.6. The van der Waals surface area contributed by atoms with E-state index in [1.54, 1.807) is 36.4 Å². The van der Waals surface area contributed by atoms with Gasteiger partial charge < -0.3 is 18.6 Å². The van der Waals surface area contributed by atoms with Crippen LogP contribution < -0.4 is 19.6 Å². The molecule has 0 saturated heterocycles. The van der Waals surface area contributed by atoms with Crippen LogP contribution in [0.5, 0.6) is 23.0 Å². The molecule has 5 aromatic rings. The first-order valence-electron chi connectivity index (χ1n) is 10.2. The molecule has 0 N–H and O–H groups in total. The number of fused-ring (bicyclic) bond motifs is 2. The number of carbonyl (C=O) groups excluding carboxylic acids is 1. The number of ether oxygens (including phenoxy) is 3. The molecule has 162 valence electrons. The van der Waals surface area contributed by atoms with E-state index < -0.39 is 5.97 Å². The van der Waals surface area contributed by atoms with Gasteiger partial charge in [0.25, 0.3) is 0 Å². The predicted molar refractivity (Wildman–Crippen MR) is 124 cm³/mol. The van der Waals surface area contributed by atoms with Crippen molar-refractivity contribution in [3.05, 3.63) is 107 Å². The number of methoxy groups -OCH3 is 1. The molecule has 6 nitrogen and oxygen atoms in total. The minimum Gasteiger partial charge on any atom is -0.497 e. The topological polar surface area (TPSA) is 75.0 Å². The molecule has 0 fully saturated rings. The van der Waals surface area contributed by atoms with Gasteiger partial charge in [-0.05, 0) is 53.2 Å². The summed E-state index contributed by atoms with van der Waals surface area (Å²) < 4.78 is 22.0. The summed E-state index contributed by atoms with van der Waals surface area (Å²) >= 11 is 0. The van der Waals surface area contributed by atoms with Gasteiger partial charge in [0, 0.05) is 6.07 Å². The van der Waals surface area contributed by atoms with Crippen LogP contribution in [0.4, 0.5) is 0 Å². The first kappa shape index (κ1) is 20.3. The van der Waals surface area contributed by atoms with Crippen molar-refractivity contribution >= 4 is 27.7 Å². The molecule has 0 atom stereocenters. The van der Waals surface area contributed by atoms with Gasteiger partial charge in [-0.2, -0.15) is 0 Å². The standard InChI is InChI=1S/C27H18O6/c1-30-20-8-4-7-19(14-20)27(29)33-22-11-12-23-24(15-22)31-16-25(26(23)28)32-21-10-9-17-5-2-3-6-18(17)13-21/h2-16H,1H3. The molecule has 4 aromatic carbocycles. The van der Waals surface area contributed by atoms with Crippen LogP contribution in [-0.4, -0.2) is 13.1 Å². The third-order valence-electron chi connectivity index (χ3n) is 5.18. The van der Waals surface area contributed by atoms with Gasteiger partial charge >= 0.3 is 5.97 Å². The lowest BCUT2D eigenvalue weighted by atomic mass is 10.1. The minimum atomic E-state index is -0.549. The molecule has 0 unspecified atom stereocenters. The Morgan fingerprint density at radius 2 is 1.61 bits per heavy atom. The molecule has 0 bridgehead atoms. The van der Waals surface area contributed by atoms with Gasteiger partial charge in [-0.25, -0.2) is 4.79 Å². The largest absolute Gasteiger partial charge is 0.497 e. The highest BCUT2D eigenvalue weighted by molar-refractivity contribution is 5.92. The molecule has 1 heterocycles. The van der Waals surface area contributed by atoms with Gasteiger partial charge in [0.05, 0.1) is 18.1 Å². The fraction of sp³-hybridized carbons (Fsp3) is 0.0370. The van der Waals surface area contributed by atoms with E-state index in [-0.39, 0.29) is 22.5 Å². The van der Waals surface area contributed by atoms with Gasteiger partial charge in [0.1, 0.15) is 29.1 Å². The Hall–Kier alpha value is -4.58. The average molecular weight is 438 g/mol. The maximum atomic E-state index is 12.9. The van der Waals surface area contributed by atoms with Crippen molar-refractivity contribution in [2.24, 2.45) is 0 Å². The lowest BCUT2D eigenvalue weighted by molar-refractivity contribution is 0.0734. The lowest BCUT2D eigenvalue weighted by Gasteiger charge is -2.08. The molecule has 1 aromatic heterocycles. The summed E-state index contributed by atoms with van der Waals surface area (Å²) in [6, 6.07) is 24.7. The number of carbonyl (C=O) groups is 1. The van der Waals surface area contributed by atoms with Gasteiger partial charge in [-0.15, -0.1) is 0 Å². The van der Waals surface area contributed by atoms with Crippen molar-refractivity contribution in [3.63, 3.8) is 0 Å². The normalized spacial score (nSPS) is 10.8. The SMILES string of the molecule is COc1cccc(C(=O)Oc2ccc3c(=O)c(Oc4ccc5ccccc5c4)coc3c2)c1. The molecule has 0 saturated carbocycles. The number of esters is 1.